The van der Waals surface area contributed by atoms with Crippen molar-refractivity contribution in [2.45, 2.75) is 5.92 Å². The van der Waals surface area contributed by atoms with Crippen molar-refractivity contribution in [2.75, 3.05) is 7.11 Å². The smallest absolute Gasteiger partial charge is 0.317 e. The number of non-ortho nitro benzene ring substituents is 1. The lowest BCUT2D eigenvalue weighted by molar-refractivity contribution is -0.384. The number of hydrogen-bond acceptors (Lipinski definition) is 4. The number of ether oxygens (including phenoxy) is 1. The van der Waals surface area contributed by atoms with Crippen LogP contribution in [0.3, 0.4) is 0 Å². The quantitative estimate of drug-likeness (QED) is 0.435. The van der Waals surface area contributed by atoms with Crippen molar-refractivity contribution in [1.29, 1.82) is 0 Å². The molecule has 0 aliphatic rings. The first-order valence-electron chi connectivity index (χ1n) is 6.31. The number of hydrogen-bond donors (Lipinski definition) is 0. The molecular weight excluding hydrogens is 365 g/mol. The van der Waals surface area contributed by atoms with Gasteiger partial charge in [-0.05, 0) is 17.7 Å². The van der Waals surface area contributed by atoms with Gasteiger partial charge in [0.15, 0.2) is 0 Å². The number of nitro benzene ring substituents is 1. The second-order valence-corrected chi connectivity index (χ2v) is 5.84. The summed E-state index contributed by atoms with van der Waals surface area (Å²) < 4.78 is 4.82. The lowest BCUT2D eigenvalue weighted by Gasteiger charge is -2.18. The van der Waals surface area contributed by atoms with Gasteiger partial charge in [0.05, 0.1) is 22.1 Å². The highest BCUT2D eigenvalue weighted by Crippen LogP contribution is 2.39. The first-order chi connectivity index (χ1) is 10.8. The molecule has 0 aliphatic heterocycles. The normalized spacial score (nSPS) is 11.8. The van der Waals surface area contributed by atoms with Crippen molar-refractivity contribution in [3.05, 3.63) is 72.7 Å². The van der Waals surface area contributed by atoms with Crippen LogP contribution >= 0.6 is 34.8 Å². The molecule has 0 saturated carbocycles. The van der Waals surface area contributed by atoms with E-state index in [1.54, 1.807) is 24.3 Å². The predicted molar refractivity (Wildman–Crippen MR) is 88.4 cm³/mol. The number of nitrogens with zero attached hydrogens (tertiary/aromatic N) is 1. The molecule has 2 rings (SSSR count). The van der Waals surface area contributed by atoms with Crippen LogP contribution in [0.25, 0.3) is 0 Å². The fraction of sp³-hybridized carbons (Fsp3) is 0.133. The summed E-state index contributed by atoms with van der Waals surface area (Å²) in [5.74, 6) is -1.51. The van der Waals surface area contributed by atoms with Crippen LogP contribution in [0, 0.1) is 10.1 Å². The molecular formula is C15H10Cl3NO4. The minimum absolute atomic E-state index is 0.00884. The van der Waals surface area contributed by atoms with Gasteiger partial charge in [0.2, 0.25) is 0 Å². The molecule has 0 saturated heterocycles. The average molecular weight is 375 g/mol. The maximum absolute atomic E-state index is 12.2. The van der Waals surface area contributed by atoms with Crippen molar-refractivity contribution < 1.29 is 14.5 Å². The van der Waals surface area contributed by atoms with Crippen molar-refractivity contribution >= 4 is 46.5 Å². The van der Waals surface area contributed by atoms with Crippen LogP contribution in [0.15, 0.2) is 36.4 Å². The maximum atomic E-state index is 12.2. The third kappa shape index (κ3) is 3.75. The van der Waals surface area contributed by atoms with E-state index in [0.717, 1.165) is 12.1 Å². The van der Waals surface area contributed by atoms with E-state index >= 15 is 0 Å². The van der Waals surface area contributed by atoms with Crippen LogP contribution in [0.2, 0.25) is 15.1 Å². The van der Waals surface area contributed by atoms with Crippen molar-refractivity contribution in [3.8, 4) is 0 Å². The van der Waals surface area contributed by atoms with Crippen molar-refractivity contribution in [1.82, 2.24) is 0 Å². The number of halogens is 3. The van der Waals surface area contributed by atoms with Gasteiger partial charge in [0, 0.05) is 22.7 Å². The zero-order valence-electron chi connectivity index (χ0n) is 11.8. The lowest BCUT2D eigenvalue weighted by Crippen LogP contribution is -2.16. The third-order valence-electron chi connectivity index (χ3n) is 3.20. The number of esters is 1. The van der Waals surface area contributed by atoms with E-state index in [-0.39, 0.29) is 21.3 Å². The Kier molecular flexibility index (Phi) is 5.46. The Morgan fingerprint density at radius 2 is 1.65 bits per heavy atom. The Balaban J connectivity index is 2.63. The molecule has 120 valence electrons. The molecule has 0 aliphatic carbocycles. The van der Waals surface area contributed by atoms with Gasteiger partial charge in [-0.3, -0.25) is 14.9 Å². The first kappa shape index (κ1) is 17.5. The van der Waals surface area contributed by atoms with E-state index in [2.05, 4.69) is 0 Å². The highest BCUT2D eigenvalue weighted by Gasteiger charge is 2.29. The van der Waals surface area contributed by atoms with Crippen molar-refractivity contribution in [2.24, 2.45) is 0 Å². The number of rotatable bonds is 4. The third-order valence-corrected chi connectivity index (χ3v) is 4.08. The minimum Gasteiger partial charge on any atom is -0.468 e. The SMILES string of the molecule is COC(=O)C(c1ccc(Cl)cc1)c1c(Cl)cc([N+](=O)[O-])cc1Cl. The van der Waals surface area contributed by atoms with Crippen LogP contribution in [0.1, 0.15) is 17.0 Å². The molecule has 2 aromatic carbocycles. The molecule has 0 radical (unpaired) electrons. The van der Waals surface area contributed by atoms with Gasteiger partial charge in [-0.1, -0.05) is 46.9 Å². The Morgan fingerprint density at radius 3 is 2.09 bits per heavy atom. The van der Waals surface area contributed by atoms with Gasteiger partial charge in [-0.15, -0.1) is 0 Å². The zero-order chi connectivity index (χ0) is 17.1. The summed E-state index contributed by atoms with van der Waals surface area (Å²) in [7, 11) is 1.23. The van der Waals surface area contributed by atoms with Gasteiger partial charge in [0.1, 0.15) is 5.92 Å². The van der Waals surface area contributed by atoms with E-state index in [9.17, 15) is 14.9 Å². The van der Waals surface area contributed by atoms with Gasteiger partial charge in [-0.2, -0.15) is 0 Å². The van der Waals surface area contributed by atoms with Gasteiger partial charge in [0.25, 0.3) is 5.69 Å². The Hall–Kier alpha value is -1.82. The summed E-state index contributed by atoms with van der Waals surface area (Å²) in [4.78, 5) is 22.5. The largest absolute Gasteiger partial charge is 0.468 e. The summed E-state index contributed by atoms with van der Waals surface area (Å²) in [6.45, 7) is 0. The van der Waals surface area contributed by atoms with Gasteiger partial charge < -0.3 is 4.74 Å². The Morgan fingerprint density at radius 1 is 1.13 bits per heavy atom. The highest BCUT2D eigenvalue weighted by molar-refractivity contribution is 6.37. The van der Waals surface area contributed by atoms with E-state index < -0.39 is 16.8 Å². The van der Waals surface area contributed by atoms with Crippen LogP contribution in [-0.4, -0.2) is 18.0 Å². The molecule has 8 heteroatoms. The molecule has 5 nitrogen and oxygen atoms in total. The molecule has 23 heavy (non-hydrogen) atoms. The van der Waals surface area contributed by atoms with Crippen LogP contribution in [0.5, 0.6) is 0 Å². The Labute approximate surface area is 146 Å². The van der Waals surface area contributed by atoms with Crippen LogP contribution < -0.4 is 0 Å². The second-order valence-electron chi connectivity index (χ2n) is 4.59. The maximum Gasteiger partial charge on any atom is 0.317 e. The number of nitro groups is 1. The molecule has 0 amide bonds. The van der Waals surface area contributed by atoms with E-state index in [1.165, 1.54) is 7.11 Å². The molecule has 0 bridgehead atoms. The summed E-state index contributed by atoms with van der Waals surface area (Å²) in [5.41, 5.74) is 0.537. The zero-order valence-corrected chi connectivity index (χ0v) is 14.0. The standard InChI is InChI=1S/C15H10Cl3NO4/c1-23-15(20)13(8-2-4-9(16)5-3-8)14-11(17)6-10(19(21)22)7-12(14)18/h2-7,13H,1H3. The van der Waals surface area contributed by atoms with Gasteiger partial charge in [-0.25, -0.2) is 0 Å². The number of methoxy groups -OCH3 is 1. The fourth-order valence-electron chi connectivity index (χ4n) is 2.15. The molecule has 2 aromatic rings. The van der Waals surface area contributed by atoms with Crippen LogP contribution in [0.4, 0.5) is 5.69 Å². The summed E-state index contributed by atoms with van der Waals surface area (Å²) >= 11 is 18.1. The Bertz CT molecular complexity index is 739. The number of carbonyl (C=O) groups excluding carboxylic acids is 1. The van der Waals surface area contributed by atoms with E-state index in [4.69, 9.17) is 39.5 Å². The number of carbonyl (C=O) groups is 1. The molecule has 0 aromatic heterocycles. The summed E-state index contributed by atoms with van der Waals surface area (Å²) in [6, 6.07) is 8.79. The van der Waals surface area contributed by atoms with E-state index in [0.29, 0.717) is 10.6 Å². The van der Waals surface area contributed by atoms with E-state index in [1.807, 2.05) is 0 Å². The topological polar surface area (TPSA) is 69.4 Å². The van der Waals surface area contributed by atoms with Crippen LogP contribution in [-0.2, 0) is 9.53 Å². The predicted octanol–water partition coefficient (Wildman–Crippen LogP) is 4.86. The number of benzene rings is 2. The lowest BCUT2D eigenvalue weighted by atomic mass is 9.91. The molecule has 1 atom stereocenters. The molecule has 1 unspecified atom stereocenters. The van der Waals surface area contributed by atoms with Crippen molar-refractivity contribution in [3.63, 3.8) is 0 Å². The fourth-order valence-corrected chi connectivity index (χ4v) is 2.97. The monoisotopic (exact) mass is 373 g/mol. The minimum atomic E-state index is -0.918. The molecule has 0 fully saturated rings. The summed E-state index contributed by atoms with van der Waals surface area (Å²) in [5, 5.41) is 11.4. The summed E-state index contributed by atoms with van der Waals surface area (Å²) in [6.07, 6.45) is 0. The first-order valence-corrected chi connectivity index (χ1v) is 7.45. The molecule has 0 spiro atoms. The average Bonchev–Trinajstić information content (AvgIpc) is 2.51. The highest BCUT2D eigenvalue weighted by atomic mass is 35.5. The second kappa shape index (κ2) is 7.17. The van der Waals surface area contributed by atoms with Gasteiger partial charge >= 0.3 is 5.97 Å². The molecule has 0 N–H and O–H groups in total. The molecule has 0 heterocycles.